The van der Waals surface area contributed by atoms with Crippen LogP contribution in [-0.4, -0.2) is 217 Å². The molecule has 9 saturated heterocycles. The number of para-hydroxylation sites is 1. The standard InChI is InChI=1S/C16H24N4.C16H25N3.C15H23N5.C13H20N2.4C2H6/c1-2-6-18-15(3-1)20-12-16(13-20)10-19(11-16)9-14-4-7-17-8-5-14;1-14-3-5-16(6-4-14)19-12-15(13-19)11-18-9-7-17(2)8-10-18;1-4-17-14(18-5-1)20-11-15(12-20)9-19(10-15)8-13-2-6-16-7-3-13;1-3-14(2)9-12-10-15(11-12)13-7-5-4-6-8-13;4*1-2/h1-3,6,14,17H,4-5,7-13H2;3-6,15H,7-13H2,1-2H3;1,4-5,13,16H,2-3,6-12H2;4-8,12H,3,9-11H2,1-2H3;4*1-2H3. The van der Waals surface area contributed by atoms with Gasteiger partial charge in [0, 0.05) is 184 Å². The Labute approximate surface area is 500 Å². The van der Waals surface area contributed by atoms with E-state index in [1.807, 2.05) is 86.1 Å². The molecule has 0 atom stereocenters. The molecule has 2 aromatic carbocycles. The summed E-state index contributed by atoms with van der Waals surface area (Å²) in [5, 5.41) is 6.90. The van der Waals surface area contributed by atoms with E-state index in [0.29, 0.717) is 10.8 Å². The van der Waals surface area contributed by atoms with Crippen molar-refractivity contribution in [3.8, 4) is 0 Å². The first-order chi connectivity index (χ1) is 40.2. The maximum atomic E-state index is 4.44. The zero-order valence-corrected chi connectivity index (χ0v) is 53.9. The summed E-state index contributed by atoms with van der Waals surface area (Å²) in [5.41, 5.74) is 5.24. The zero-order chi connectivity index (χ0) is 58.7. The van der Waals surface area contributed by atoms with E-state index in [-0.39, 0.29) is 0 Å². The molecule has 0 saturated carbocycles. The van der Waals surface area contributed by atoms with Crippen LogP contribution in [0.1, 0.15) is 93.6 Å². The highest BCUT2D eigenvalue weighted by atomic mass is 15.4. The maximum absolute atomic E-state index is 4.44. The number of piperazine rings is 1. The number of likely N-dealkylation sites (N-methyl/N-ethyl adjacent to an activating group) is 1. The lowest BCUT2D eigenvalue weighted by Gasteiger charge is -2.61. The Hall–Kier alpha value is -4.41. The summed E-state index contributed by atoms with van der Waals surface area (Å²) in [4.78, 5) is 35.6. The molecule has 2 N–H and O–H groups in total. The normalized spacial score (nSPS) is 21.4. The van der Waals surface area contributed by atoms with Crippen LogP contribution in [0.5, 0.6) is 0 Å². The molecular weight excluding hydrogens is 1010 g/mol. The van der Waals surface area contributed by atoms with Crippen molar-refractivity contribution in [1.82, 2.24) is 50.1 Å². The van der Waals surface area contributed by atoms with Crippen molar-refractivity contribution >= 4 is 23.1 Å². The predicted octanol–water partition coefficient (Wildman–Crippen LogP) is 9.66. The summed E-state index contributed by atoms with van der Waals surface area (Å²) < 4.78 is 0. The third-order valence-electron chi connectivity index (χ3n) is 17.8. The molecule has 13 rings (SSSR count). The minimum atomic E-state index is 0.548. The minimum absolute atomic E-state index is 0.548. The number of piperidine rings is 2. The fourth-order valence-corrected chi connectivity index (χ4v) is 13.3. The van der Waals surface area contributed by atoms with E-state index in [2.05, 4.69) is 164 Å². The summed E-state index contributed by atoms with van der Waals surface area (Å²) in [6.45, 7) is 51.2. The van der Waals surface area contributed by atoms with Crippen LogP contribution >= 0.6 is 0 Å². The number of hydrogen-bond acceptors (Lipinski definition) is 14. The number of pyridine rings is 1. The smallest absolute Gasteiger partial charge is 0.225 e. The van der Waals surface area contributed by atoms with Crippen LogP contribution in [0.25, 0.3) is 0 Å². The van der Waals surface area contributed by atoms with Gasteiger partial charge in [0.25, 0.3) is 0 Å². The van der Waals surface area contributed by atoms with Crippen LogP contribution in [0, 0.1) is 41.4 Å². The van der Waals surface area contributed by atoms with Crippen LogP contribution in [-0.2, 0) is 0 Å². The average molecular weight is 1130 g/mol. The van der Waals surface area contributed by atoms with Gasteiger partial charge in [-0.1, -0.05) is 104 Å². The van der Waals surface area contributed by atoms with Crippen molar-refractivity contribution in [1.29, 1.82) is 0 Å². The number of likely N-dealkylation sites (tertiary alicyclic amines) is 2. The van der Waals surface area contributed by atoms with E-state index in [9.17, 15) is 0 Å². The molecule has 9 aliphatic heterocycles. The first-order valence-corrected chi connectivity index (χ1v) is 32.9. The van der Waals surface area contributed by atoms with Gasteiger partial charge in [-0.25, -0.2) is 15.0 Å². The Kier molecular flexibility index (Phi) is 28.6. The molecule has 0 unspecified atom stereocenters. The van der Waals surface area contributed by atoms with Crippen molar-refractivity contribution in [2.45, 2.75) is 94.9 Å². The molecule has 14 nitrogen and oxygen atoms in total. The Balaban J connectivity index is 0.000000170. The summed E-state index contributed by atoms with van der Waals surface area (Å²) in [7, 11) is 4.42. The molecule has 82 heavy (non-hydrogen) atoms. The second kappa shape index (κ2) is 35.1. The Morgan fingerprint density at radius 2 is 0.927 bits per heavy atom. The van der Waals surface area contributed by atoms with Crippen LogP contribution in [0.3, 0.4) is 0 Å². The lowest BCUT2D eigenvalue weighted by molar-refractivity contribution is -0.0334. The van der Waals surface area contributed by atoms with Crippen LogP contribution < -0.4 is 30.2 Å². The molecule has 0 bridgehead atoms. The second-order valence-corrected chi connectivity index (χ2v) is 24.3. The van der Waals surface area contributed by atoms with Crippen molar-refractivity contribution in [3.63, 3.8) is 0 Å². The Bertz CT molecular complexity index is 2130. The third-order valence-corrected chi connectivity index (χ3v) is 17.8. The van der Waals surface area contributed by atoms with Gasteiger partial charge in [0.05, 0.1) is 0 Å². The van der Waals surface area contributed by atoms with Gasteiger partial charge in [0.15, 0.2) is 0 Å². The van der Waals surface area contributed by atoms with Gasteiger partial charge < -0.3 is 54.7 Å². The van der Waals surface area contributed by atoms with Gasteiger partial charge in [0.2, 0.25) is 5.95 Å². The van der Waals surface area contributed by atoms with Crippen molar-refractivity contribution in [2.24, 2.45) is 34.5 Å². The van der Waals surface area contributed by atoms with E-state index in [1.54, 1.807) is 0 Å². The summed E-state index contributed by atoms with van der Waals surface area (Å²) in [5.74, 6) is 5.62. The molecule has 0 radical (unpaired) electrons. The SMILES string of the molecule is CC.CC.CC.CC.CCN(C)CC1CN(c2ccccc2)C1.Cc1ccc(N2CC(CN3CCN(C)CC3)C2)cc1.c1ccc(N2CC3(CN(CC4CCNCC4)C3)C2)nc1.c1cnc(N2CC3(CN(CC4CCNCC4)C3)C2)nc1. The highest BCUT2D eigenvalue weighted by Crippen LogP contribution is 2.43. The lowest BCUT2D eigenvalue weighted by atomic mass is 9.72. The van der Waals surface area contributed by atoms with Gasteiger partial charge in [-0.05, 0) is 134 Å². The highest BCUT2D eigenvalue weighted by Gasteiger charge is 2.53. The number of nitrogens with zero attached hydrogens (tertiary/aromatic N) is 12. The van der Waals surface area contributed by atoms with E-state index < -0.39 is 0 Å². The molecule has 0 aliphatic carbocycles. The second-order valence-electron chi connectivity index (χ2n) is 24.3. The Morgan fingerprint density at radius 3 is 1.41 bits per heavy atom. The topological polar surface area (TPSA) is 91.9 Å². The molecule has 4 aromatic rings. The van der Waals surface area contributed by atoms with E-state index in [0.717, 1.165) is 55.1 Å². The highest BCUT2D eigenvalue weighted by molar-refractivity contribution is 5.50. The third kappa shape index (κ3) is 19.8. The number of nitrogens with one attached hydrogen (secondary N) is 2. The number of hydrogen-bond donors (Lipinski definition) is 2. The van der Waals surface area contributed by atoms with Gasteiger partial charge in [0.1, 0.15) is 5.82 Å². The number of rotatable bonds is 13. The molecule has 0 amide bonds. The summed E-state index contributed by atoms with van der Waals surface area (Å²) in [6.07, 6.45) is 11.0. The monoisotopic (exact) mass is 1130 g/mol. The fourth-order valence-electron chi connectivity index (χ4n) is 13.3. The molecular formula is C68H116N14. The minimum Gasteiger partial charge on any atom is -0.371 e. The van der Waals surface area contributed by atoms with Gasteiger partial charge in [-0.15, -0.1) is 0 Å². The number of benzene rings is 2. The molecule has 9 fully saturated rings. The largest absolute Gasteiger partial charge is 0.371 e. The van der Waals surface area contributed by atoms with Crippen molar-refractivity contribution in [2.75, 3.05) is 197 Å². The molecule has 11 heterocycles. The average Bonchev–Trinajstić information content (AvgIpc) is 3.66. The lowest BCUT2D eigenvalue weighted by Crippen LogP contribution is -2.72. The van der Waals surface area contributed by atoms with Crippen LogP contribution in [0.2, 0.25) is 0 Å². The first-order valence-electron chi connectivity index (χ1n) is 32.9. The number of aromatic nitrogens is 3. The zero-order valence-electron chi connectivity index (χ0n) is 53.9. The summed E-state index contributed by atoms with van der Waals surface area (Å²) in [6, 6.07) is 27.7. The van der Waals surface area contributed by atoms with Gasteiger partial charge in [-0.2, -0.15) is 0 Å². The first kappa shape index (κ1) is 66.7. The van der Waals surface area contributed by atoms with Gasteiger partial charge >= 0.3 is 0 Å². The molecule has 14 heteroatoms. The molecule has 2 aromatic heterocycles. The van der Waals surface area contributed by atoms with Gasteiger partial charge in [-0.3, -0.25) is 0 Å². The quantitative estimate of drug-likeness (QED) is 0.133. The van der Waals surface area contributed by atoms with E-state index in [4.69, 9.17) is 0 Å². The number of anilines is 4. The van der Waals surface area contributed by atoms with E-state index >= 15 is 0 Å². The Morgan fingerprint density at radius 1 is 0.476 bits per heavy atom. The molecule has 458 valence electrons. The van der Waals surface area contributed by atoms with Crippen molar-refractivity contribution in [3.05, 3.63) is 103 Å². The van der Waals surface area contributed by atoms with Crippen LogP contribution in [0.4, 0.5) is 23.1 Å². The number of aryl methyl sites for hydroxylation is 1. The fraction of sp³-hybridized carbons (Fsp3) is 0.691. The maximum Gasteiger partial charge on any atom is 0.225 e. The van der Waals surface area contributed by atoms with Crippen LogP contribution in [0.15, 0.2) is 97.5 Å². The van der Waals surface area contributed by atoms with E-state index in [1.165, 1.54) is 187 Å². The summed E-state index contributed by atoms with van der Waals surface area (Å²) >= 11 is 0. The molecule has 9 aliphatic rings. The molecule has 2 spiro atoms. The predicted molar refractivity (Wildman–Crippen MR) is 351 cm³/mol. The van der Waals surface area contributed by atoms with Crippen molar-refractivity contribution < 1.29 is 0 Å².